The fraction of sp³-hybridized carbons (Fsp3) is 0.500. The van der Waals surface area contributed by atoms with E-state index in [9.17, 15) is 0 Å². The van der Waals surface area contributed by atoms with Crippen LogP contribution in [0.4, 0.5) is 0 Å². The fourth-order valence-corrected chi connectivity index (χ4v) is 3.23. The summed E-state index contributed by atoms with van der Waals surface area (Å²) < 4.78 is 1.98. The standard InChI is InChI=1S/C20H29N5/c1-4-21-19(24-11-10-20(2,3)16-24)22-12-18-13-23-25(15-18)14-17-8-6-5-7-9-17/h5-9,13,15H,4,10-12,14,16H2,1-3H3,(H,21,22). The minimum atomic E-state index is 0.372. The van der Waals surface area contributed by atoms with Crippen LogP contribution in [0.1, 0.15) is 38.3 Å². The predicted octanol–water partition coefficient (Wildman–Crippen LogP) is 3.13. The molecule has 2 heterocycles. The number of aliphatic imine (C=N–C) groups is 1. The third kappa shape index (κ3) is 4.84. The van der Waals surface area contributed by atoms with E-state index in [0.717, 1.165) is 37.7 Å². The third-order valence-electron chi connectivity index (χ3n) is 4.60. The van der Waals surface area contributed by atoms with Gasteiger partial charge in [0.15, 0.2) is 5.96 Å². The lowest BCUT2D eigenvalue weighted by atomic mass is 9.93. The Kier molecular flexibility index (Phi) is 5.41. The van der Waals surface area contributed by atoms with E-state index in [0.29, 0.717) is 12.0 Å². The predicted molar refractivity (Wildman–Crippen MR) is 103 cm³/mol. The van der Waals surface area contributed by atoms with Crippen molar-refractivity contribution in [2.45, 2.75) is 40.3 Å². The molecule has 1 aromatic carbocycles. The lowest BCUT2D eigenvalue weighted by molar-refractivity contribution is 0.370. The highest BCUT2D eigenvalue weighted by Gasteiger charge is 2.30. The minimum Gasteiger partial charge on any atom is -0.357 e. The van der Waals surface area contributed by atoms with Crippen molar-refractivity contribution >= 4 is 5.96 Å². The van der Waals surface area contributed by atoms with Crippen molar-refractivity contribution in [1.29, 1.82) is 0 Å². The number of hydrogen-bond acceptors (Lipinski definition) is 2. The van der Waals surface area contributed by atoms with E-state index in [2.05, 4.69) is 66.5 Å². The summed E-state index contributed by atoms with van der Waals surface area (Å²) in [5.74, 6) is 1.02. The molecule has 5 heteroatoms. The molecule has 0 unspecified atom stereocenters. The van der Waals surface area contributed by atoms with Crippen LogP contribution in [0.2, 0.25) is 0 Å². The summed E-state index contributed by atoms with van der Waals surface area (Å²) in [6.45, 7) is 11.3. The van der Waals surface area contributed by atoms with E-state index in [1.807, 2.05) is 16.9 Å². The van der Waals surface area contributed by atoms with Gasteiger partial charge in [0, 0.05) is 31.4 Å². The lowest BCUT2D eigenvalue weighted by Crippen LogP contribution is -2.40. The normalized spacial score (nSPS) is 17.1. The molecule has 1 aromatic heterocycles. The summed E-state index contributed by atoms with van der Waals surface area (Å²) in [6.07, 6.45) is 5.23. The monoisotopic (exact) mass is 339 g/mol. The molecule has 0 atom stereocenters. The molecule has 0 bridgehead atoms. The minimum absolute atomic E-state index is 0.372. The molecule has 3 rings (SSSR count). The van der Waals surface area contributed by atoms with Crippen molar-refractivity contribution in [3.8, 4) is 0 Å². The second kappa shape index (κ2) is 7.72. The van der Waals surface area contributed by atoms with Gasteiger partial charge in [-0.3, -0.25) is 4.68 Å². The van der Waals surface area contributed by atoms with Crippen LogP contribution in [-0.4, -0.2) is 40.3 Å². The Bertz CT molecular complexity index is 702. The average Bonchev–Trinajstić information content (AvgIpc) is 3.18. The summed E-state index contributed by atoms with van der Waals surface area (Å²) in [4.78, 5) is 7.20. The van der Waals surface area contributed by atoms with Crippen molar-refractivity contribution in [3.05, 3.63) is 53.9 Å². The molecular formula is C20H29N5. The third-order valence-corrected chi connectivity index (χ3v) is 4.60. The molecule has 5 nitrogen and oxygen atoms in total. The Hall–Kier alpha value is -2.30. The lowest BCUT2D eigenvalue weighted by Gasteiger charge is -2.23. The largest absolute Gasteiger partial charge is 0.357 e. The maximum Gasteiger partial charge on any atom is 0.194 e. The van der Waals surface area contributed by atoms with Gasteiger partial charge in [0.2, 0.25) is 0 Å². The molecule has 0 spiro atoms. The highest BCUT2D eigenvalue weighted by Crippen LogP contribution is 2.28. The molecule has 0 radical (unpaired) electrons. The van der Waals surface area contributed by atoms with Crippen molar-refractivity contribution < 1.29 is 0 Å². The maximum absolute atomic E-state index is 4.83. The van der Waals surface area contributed by atoms with Crippen LogP contribution >= 0.6 is 0 Å². The molecule has 1 aliphatic rings. The number of aromatic nitrogens is 2. The van der Waals surface area contributed by atoms with Crippen LogP contribution in [-0.2, 0) is 13.1 Å². The van der Waals surface area contributed by atoms with Gasteiger partial charge in [0.25, 0.3) is 0 Å². The summed E-state index contributed by atoms with van der Waals surface area (Å²) in [5, 5.41) is 7.90. The van der Waals surface area contributed by atoms with Crippen molar-refractivity contribution in [3.63, 3.8) is 0 Å². The quantitative estimate of drug-likeness (QED) is 0.672. The van der Waals surface area contributed by atoms with E-state index in [1.165, 1.54) is 12.0 Å². The Morgan fingerprint density at radius 1 is 1.24 bits per heavy atom. The van der Waals surface area contributed by atoms with Crippen LogP contribution in [0.25, 0.3) is 0 Å². The zero-order chi connectivity index (χ0) is 17.7. The van der Waals surface area contributed by atoms with E-state index in [4.69, 9.17) is 4.99 Å². The topological polar surface area (TPSA) is 45.5 Å². The van der Waals surface area contributed by atoms with Gasteiger partial charge in [0.1, 0.15) is 0 Å². The summed E-state index contributed by atoms with van der Waals surface area (Å²) in [6, 6.07) is 10.4. The Labute approximate surface area is 150 Å². The number of nitrogens with zero attached hydrogens (tertiary/aromatic N) is 4. The number of likely N-dealkylation sites (tertiary alicyclic amines) is 1. The van der Waals surface area contributed by atoms with E-state index in [1.54, 1.807) is 0 Å². The molecule has 1 fully saturated rings. The number of guanidine groups is 1. The van der Waals surface area contributed by atoms with Gasteiger partial charge in [-0.15, -0.1) is 0 Å². The summed E-state index contributed by atoms with van der Waals surface area (Å²) in [7, 11) is 0. The highest BCUT2D eigenvalue weighted by atomic mass is 15.3. The van der Waals surface area contributed by atoms with Gasteiger partial charge < -0.3 is 10.2 Å². The van der Waals surface area contributed by atoms with Crippen LogP contribution < -0.4 is 5.32 Å². The molecular weight excluding hydrogens is 310 g/mol. The second-order valence-corrected chi connectivity index (χ2v) is 7.54. The molecule has 1 saturated heterocycles. The molecule has 1 aliphatic heterocycles. The van der Waals surface area contributed by atoms with Gasteiger partial charge in [-0.05, 0) is 24.3 Å². The Morgan fingerprint density at radius 2 is 2.04 bits per heavy atom. The zero-order valence-corrected chi connectivity index (χ0v) is 15.6. The smallest absolute Gasteiger partial charge is 0.194 e. The van der Waals surface area contributed by atoms with Crippen LogP contribution in [0, 0.1) is 5.41 Å². The Balaban J connectivity index is 1.63. The summed E-state index contributed by atoms with van der Waals surface area (Å²) >= 11 is 0. The van der Waals surface area contributed by atoms with Gasteiger partial charge in [0.05, 0.1) is 19.3 Å². The highest BCUT2D eigenvalue weighted by molar-refractivity contribution is 5.80. The second-order valence-electron chi connectivity index (χ2n) is 7.54. The fourth-order valence-electron chi connectivity index (χ4n) is 3.23. The van der Waals surface area contributed by atoms with E-state index in [-0.39, 0.29) is 0 Å². The molecule has 25 heavy (non-hydrogen) atoms. The zero-order valence-electron chi connectivity index (χ0n) is 15.6. The van der Waals surface area contributed by atoms with Gasteiger partial charge >= 0.3 is 0 Å². The molecule has 2 aromatic rings. The number of nitrogens with one attached hydrogen (secondary N) is 1. The first-order valence-electron chi connectivity index (χ1n) is 9.14. The molecule has 134 valence electrons. The first-order valence-corrected chi connectivity index (χ1v) is 9.14. The van der Waals surface area contributed by atoms with Crippen molar-refractivity contribution in [2.75, 3.05) is 19.6 Å². The first kappa shape index (κ1) is 17.5. The summed E-state index contributed by atoms with van der Waals surface area (Å²) in [5.41, 5.74) is 2.77. The number of hydrogen-bond donors (Lipinski definition) is 1. The molecule has 0 saturated carbocycles. The van der Waals surface area contributed by atoms with E-state index < -0.39 is 0 Å². The number of benzene rings is 1. The van der Waals surface area contributed by atoms with Crippen LogP contribution in [0.15, 0.2) is 47.7 Å². The van der Waals surface area contributed by atoms with Crippen LogP contribution in [0.3, 0.4) is 0 Å². The van der Waals surface area contributed by atoms with Crippen molar-refractivity contribution in [1.82, 2.24) is 20.0 Å². The Morgan fingerprint density at radius 3 is 2.72 bits per heavy atom. The molecule has 1 N–H and O–H groups in total. The maximum atomic E-state index is 4.83. The molecule has 0 amide bonds. The average molecular weight is 339 g/mol. The first-order chi connectivity index (χ1) is 12.1. The van der Waals surface area contributed by atoms with Gasteiger partial charge in [-0.1, -0.05) is 44.2 Å². The number of rotatable bonds is 5. The van der Waals surface area contributed by atoms with Gasteiger partial charge in [-0.25, -0.2) is 4.99 Å². The van der Waals surface area contributed by atoms with Crippen molar-refractivity contribution in [2.24, 2.45) is 10.4 Å². The van der Waals surface area contributed by atoms with Gasteiger partial charge in [-0.2, -0.15) is 5.10 Å². The molecule has 0 aliphatic carbocycles. The van der Waals surface area contributed by atoms with Crippen LogP contribution in [0.5, 0.6) is 0 Å². The SMILES string of the molecule is CCNC(=NCc1cnn(Cc2ccccc2)c1)N1CCC(C)(C)C1. The van der Waals surface area contributed by atoms with E-state index >= 15 is 0 Å².